The van der Waals surface area contributed by atoms with Crippen LogP contribution in [0.1, 0.15) is 52.4 Å². The van der Waals surface area contributed by atoms with Gasteiger partial charge >= 0.3 is 5.97 Å². The third-order valence-electron chi connectivity index (χ3n) is 7.70. The van der Waals surface area contributed by atoms with Crippen molar-refractivity contribution in [2.45, 2.75) is 49.6 Å². The molecule has 2 N–H and O–H groups in total. The Morgan fingerprint density at radius 1 is 1.05 bits per heavy atom. The van der Waals surface area contributed by atoms with Crippen LogP contribution < -0.4 is 10.6 Å². The van der Waals surface area contributed by atoms with Crippen molar-refractivity contribution in [3.8, 4) is 11.1 Å². The number of nitrogens with zero attached hydrogens (tertiary/aromatic N) is 1. The summed E-state index contributed by atoms with van der Waals surface area (Å²) in [5, 5.41) is 5.75. The van der Waals surface area contributed by atoms with Crippen molar-refractivity contribution >= 4 is 27.8 Å². The number of hydrogen-bond acceptors (Lipinski definition) is 6. The van der Waals surface area contributed by atoms with Crippen LogP contribution in [0.15, 0.2) is 71.6 Å². The highest BCUT2D eigenvalue weighted by molar-refractivity contribution is 7.89. The van der Waals surface area contributed by atoms with Crippen LogP contribution in [0, 0.1) is 6.92 Å². The third kappa shape index (κ3) is 6.03. The summed E-state index contributed by atoms with van der Waals surface area (Å²) in [7, 11) is -2.62. The van der Waals surface area contributed by atoms with Gasteiger partial charge in [0.05, 0.1) is 30.0 Å². The van der Waals surface area contributed by atoms with Crippen LogP contribution in [0.25, 0.3) is 11.1 Å². The summed E-state index contributed by atoms with van der Waals surface area (Å²) in [4.78, 5) is 38.1. The van der Waals surface area contributed by atoms with Gasteiger partial charge < -0.3 is 15.4 Å². The molecule has 2 unspecified atom stereocenters. The molecule has 2 atom stereocenters. The Balaban J connectivity index is 1.32. The number of esters is 1. The summed E-state index contributed by atoms with van der Waals surface area (Å²) in [6.07, 6.45) is 2.17. The van der Waals surface area contributed by atoms with E-state index >= 15 is 0 Å². The zero-order valence-corrected chi connectivity index (χ0v) is 23.9. The first-order chi connectivity index (χ1) is 19.7. The van der Waals surface area contributed by atoms with Crippen molar-refractivity contribution in [1.82, 2.24) is 14.9 Å². The molecular formula is C31H33N3O6S. The number of amides is 2. The van der Waals surface area contributed by atoms with Gasteiger partial charge in [-0.1, -0.05) is 48.0 Å². The van der Waals surface area contributed by atoms with Gasteiger partial charge in [-0.2, -0.15) is 4.31 Å². The van der Waals surface area contributed by atoms with E-state index in [2.05, 4.69) is 16.7 Å². The molecule has 1 saturated heterocycles. The fraction of sp³-hybridized carbons (Fsp3) is 0.323. The van der Waals surface area contributed by atoms with E-state index in [4.69, 9.17) is 4.74 Å². The second-order valence-corrected chi connectivity index (χ2v) is 12.3. The van der Waals surface area contributed by atoms with Gasteiger partial charge in [0.25, 0.3) is 0 Å². The van der Waals surface area contributed by atoms with Gasteiger partial charge in [-0.05, 0) is 72.7 Å². The maximum atomic E-state index is 13.4. The van der Waals surface area contributed by atoms with E-state index in [0.29, 0.717) is 5.56 Å². The molecule has 0 saturated carbocycles. The van der Waals surface area contributed by atoms with Gasteiger partial charge in [-0.25, -0.2) is 13.2 Å². The van der Waals surface area contributed by atoms with Gasteiger partial charge in [-0.3, -0.25) is 9.59 Å². The minimum atomic E-state index is -3.97. The molecule has 9 nitrogen and oxygen atoms in total. The molecule has 3 aromatic rings. The van der Waals surface area contributed by atoms with Crippen LogP contribution in [-0.2, 0) is 30.8 Å². The van der Waals surface area contributed by atoms with Crippen LogP contribution in [-0.4, -0.2) is 56.7 Å². The molecule has 1 aliphatic heterocycles. The minimum absolute atomic E-state index is 0.0894. The fourth-order valence-corrected chi connectivity index (χ4v) is 7.13. The molecule has 1 aliphatic carbocycles. The van der Waals surface area contributed by atoms with Crippen molar-refractivity contribution in [3.63, 3.8) is 0 Å². The quantitative estimate of drug-likeness (QED) is 0.416. The van der Waals surface area contributed by atoms with Crippen LogP contribution in [0.3, 0.4) is 0 Å². The molecule has 2 aliphatic rings. The summed E-state index contributed by atoms with van der Waals surface area (Å²) in [5.41, 5.74) is 5.33. The van der Waals surface area contributed by atoms with Crippen molar-refractivity contribution < 1.29 is 27.5 Å². The number of benzene rings is 3. The first kappa shape index (κ1) is 28.5. The van der Waals surface area contributed by atoms with Crippen molar-refractivity contribution in [1.29, 1.82) is 0 Å². The van der Waals surface area contributed by atoms with E-state index in [1.807, 2.05) is 31.2 Å². The molecule has 5 rings (SSSR count). The van der Waals surface area contributed by atoms with Gasteiger partial charge in [0, 0.05) is 13.1 Å². The van der Waals surface area contributed by atoms with E-state index in [0.717, 1.165) is 51.4 Å². The van der Waals surface area contributed by atoms with Gasteiger partial charge in [0.15, 0.2) is 0 Å². The number of sulfonamides is 1. The lowest BCUT2D eigenvalue weighted by Gasteiger charge is -2.34. The van der Waals surface area contributed by atoms with Gasteiger partial charge in [0.2, 0.25) is 21.8 Å². The lowest BCUT2D eigenvalue weighted by atomic mass is 9.85. The number of hydrogen-bond donors (Lipinski definition) is 2. The van der Waals surface area contributed by atoms with Crippen LogP contribution in [0.4, 0.5) is 0 Å². The zero-order valence-electron chi connectivity index (χ0n) is 23.1. The van der Waals surface area contributed by atoms with E-state index in [1.165, 1.54) is 19.2 Å². The van der Waals surface area contributed by atoms with Crippen LogP contribution in [0.5, 0.6) is 0 Å². The molecule has 214 valence electrons. The molecule has 0 bridgehead atoms. The maximum Gasteiger partial charge on any atom is 0.337 e. The highest BCUT2D eigenvalue weighted by Gasteiger charge is 2.40. The number of piperazine rings is 1. The molecule has 1 heterocycles. The second-order valence-electron chi connectivity index (χ2n) is 10.4. The largest absolute Gasteiger partial charge is 0.465 e. The lowest BCUT2D eigenvalue weighted by Crippen LogP contribution is -2.58. The second kappa shape index (κ2) is 11.8. The first-order valence-electron chi connectivity index (χ1n) is 13.6. The Bertz CT molecular complexity index is 1590. The molecule has 2 amide bonds. The molecule has 0 aromatic heterocycles. The van der Waals surface area contributed by atoms with Crippen molar-refractivity contribution in [2.24, 2.45) is 0 Å². The Labute approximate surface area is 239 Å². The van der Waals surface area contributed by atoms with Crippen molar-refractivity contribution in [2.75, 3.05) is 20.2 Å². The summed E-state index contributed by atoms with van der Waals surface area (Å²) in [6, 6.07) is 18.3. The summed E-state index contributed by atoms with van der Waals surface area (Å²) in [6.45, 7) is 2.14. The molecule has 10 heteroatoms. The minimum Gasteiger partial charge on any atom is -0.465 e. The highest BCUT2D eigenvalue weighted by Crippen LogP contribution is 2.33. The predicted molar refractivity (Wildman–Crippen MR) is 154 cm³/mol. The number of fused-ring (bicyclic) bond motifs is 1. The Morgan fingerprint density at radius 3 is 2.56 bits per heavy atom. The van der Waals surface area contributed by atoms with E-state index in [9.17, 15) is 22.8 Å². The summed E-state index contributed by atoms with van der Waals surface area (Å²) in [5.74, 6) is -1.27. The van der Waals surface area contributed by atoms with Gasteiger partial charge in [0.1, 0.15) is 6.04 Å². The normalized spacial score (nSPS) is 19.1. The average Bonchev–Trinajstić information content (AvgIpc) is 2.98. The number of methoxy groups -OCH3 is 1. The Kier molecular flexibility index (Phi) is 8.23. The molecule has 3 aromatic carbocycles. The van der Waals surface area contributed by atoms with Gasteiger partial charge in [-0.15, -0.1) is 0 Å². The summed E-state index contributed by atoms with van der Waals surface area (Å²) < 4.78 is 32.8. The standard InChI is InChI=1S/C31H33N3O6S/c1-20-9-12-25(13-10-20)41(38,39)34-16-15-32-30(36)28(34)19-29(35)33-27-8-4-6-23-17-22(11-14-26(23)27)21-5-3-7-24(18-21)31(37)40-2/h3,5,7,9-14,17-18,27-28H,4,6,8,15-16,19H2,1-2H3,(H,32,36)(H,33,35). The Morgan fingerprint density at radius 2 is 1.80 bits per heavy atom. The predicted octanol–water partition coefficient (Wildman–Crippen LogP) is 3.52. The summed E-state index contributed by atoms with van der Waals surface area (Å²) >= 11 is 0. The molecule has 1 fully saturated rings. The van der Waals surface area contributed by atoms with Crippen molar-refractivity contribution in [3.05, 3.63) is 89.0 Å². The number of rotatable bonds is 7. The molecular weight excluding hydrogens is 542 g/mol. The maximum absolute atomic E-state index is 13.4. The topological polar surface area (TPSA) is 122 Å². The Hall–Kier alpha value is -4.02. The number of carbonyl (C=O) groups is 3. The molecule has 0 radical (unpaired) electrons. The highest BCUT2D eigenvalue weighted by atomic mass is 32.2. The smallest absolute Gasteiger partial charge is 0.337 e. The van der Waals surface area contributed by atoms with Crippen LogP contribution >= 0.6 is 0 Å². The SMILES string of the molecule is COC(=O)c1cccc(-c2ccc3c(c2)CCCC3NC(=O)CC2C(=O)NCCN2S(=O)(=O)c2ccc(C)cc2)c1. The fourth-order valence-electron chi connectivity index (χ4n) is 5.54. The number of ether oxygens (including phenoxy) is 1. The average molecular weight is 576 g/mol. The number of carbonyl (C=O) groups excluding carboxylic acids is 3. The lowest BCUT2D eigenvalue weighted by molar-refractivity contribution is -0.132. The van der Waals surface area contributed by atoms with E-state index < -0.39 is 27.9 Å². The molecule has 41 heavy (non-hydrogen) atoms. The zero-order chi connectivity index (χ0) is 29.1. The number of nitrogens with one attached hydrogen (secondary N) is 2. The first-order valence-corrected chi connectivity index (χ1v) is 15.1. The van der Waals surface area contributed by atoms with Crippen LogP contribution in [0.2, 0.25) is 0 Å². The van der Waals surface area contributed by atoms with E-state index in [1.54, 1.807) is 24.3 Å². The van der Waals surface area contributed by atoms with E-state index in [-0.39, 0.29) is 36.4 Å². The monoisotopic (exact) mass is 575 g/mol. The number of aryl methyl sites for hydroxylation is 2. The third-order valence-corrected chi connectivity index (χ3v) is 9.62. The molecule has 0 spiro atoms.